The van der Waals surface area contributed by atoms with E-state index in [0.29, 0.717) is 64.1 Å². The van der Waals surface area contributed by atoms with Gasteiger partial charge in [-0.25, -0.2) is 13.8 Å². The maximum Gasteiger partial charge on any atom is 0.246 e. The zero-order valence-corrected chi connectivity index (χ0v) is 27.8. The van der Waals surface area contributed by atoms with Gasteiger partial charge in [0.15, 0.2) is 0 Å². The number of halogens is 3. The Morgan fingerprint density at radius 1 is 1.06 bits per heavy atom. The summed E-state index contributed by atoms with van der Waals surface area (Å²) in [5, 5.41) is 21.1. The molecule has 0 bridgehead atoms. The SMILES string of the molecule is C=CC(=O)N1CCN(c2c(CC#N)c(OCC34CCCN3CCC4)nc3cc(-c4cccc5ccc(F)c(Cl)c45)c(F)cc23)C[C@@H]1CC#N. The van der Waals surface area contributed by atoms with Crippen LogP contribution >= 0.6 is 11.6 Å². The minimum absolute atomic E-state index is 0.0411. The number of benzene rings is 3. The van der Waals surface area contributed by atoms with E-state index in [9.17, 15) is 19.7 Å². The first-order chi connectivity index (χ1) is 23.8. The van der Waals surface area contributed by atoms with Gasteiger partial charge in [-0.05, 0) is 74.0 Å². The topological polar surface area (TPSA) is 96.5 Å². The number of fused-ring (bicyclic) bond motifs is 3. The Hall–Kier alpha value is -4.77. The minimum Gasteiger partial charge on any atom is -0.475 e. The van der Waals surface area contributed by atoms with E-state index in [1.165, 1.54) is 18.2 Å². The predicted molar refractivity (Wildman–Crippen MR) is 185 cm³/mol. The largest absolute Gasteiger partial charge is 0.475 e. The molecule has 0 aliphatic carbocycles. The number of ether oxygens (including phenoxy) is 1. The van der Waals surface area contributed by atoms with Gasteiger partial charge in [0.1, 0.15) is 18.2 Å². The molecule has 1 aromatic heterocycles. The summed E-state index contributed by atoms with van der Waals surface area (Å²) in [5.74, 6) is -1.13. The van der Waals surface area contributed by atoms with Crippen molar-refractivity contribution in [3.05, 3.63) is 77.3 Å². The maximum absolute atomic E-state index is 16.4. The molecule has 3 aliphatic heterocycles. The molecular weight excluding hydrogens is 646 g/mol. The minimum atomic E-state index is -0.603. The summed E-state index contributed by atoms with van der Waals surface area (Å²) < 4.78 is 37.8. The molecule has 0 radical (unpaired) electrons. The van der Waals surface area contributed by atoms with E-state index >= 15 is 4.39 Å². The van der Waals surface area contributed by atoms with Crippen molar-refractivity contribution in [3.63, 3.8) is 0 Å². The molecule has 3 aromatic carbocycles. The van der Waals surface area contributed by atoms with Crippen molar-refractivity contribution in [2.45, 2.75) is 50.1 Å². The quantitative estimate of drug-likeness (QED) is 0.182. The third-order valence-electron chi connectivity index (χ3n) is 10.5. The number of piperazine rings is 1. The normalized spacial score (nSPS) is 18.8. The predicted octanol–water partition coefficient (Wildman–Crippen LogP) is 7.18. The van der Waals surface area contributed by atoms with Crippen molar-refractivity contribution in [1.29, 1.82) is 10.5 Å². The number of hydrogen-bond acceptors (Lipinski definition) is 7. The van der Waals surface area contributed by atoms with Crippen molar-refractivity contribution >= 4 is 44.9 Å². The number of nitriles is 2. The van der Waals surface area contributed by atoms with E-state index in [0.717, 1.165) is 38.8 Å². The van der Waals surface area contributed by atoms with Gasteiger partial charge in [-0.15, -0.1) is 0 Å². The molecule has 11 heteroatoms. The molecule has 1 atom stereocenters. The van der Waals surface area contributed by atoms with Crippen LogP contribution in [0.15, 0.2) is 55.1 Å². The summed E-state index contributed by atoms with van der Waals surface area (Å²) >= 11 is 6.46. The van der Waals surface area contributed by atoms with Gasteiger partial charge in [-0.1, -0.05) is 42.4 Å². The van der Waals surface area contributed by atoms with Crippen LogP contribution < -0.4 is 9.64 Å². The second-order valence-electron chi connectivity index (χ2n) is 13.1. The monoisotopic (exact) mass is 680 g/mol. The fourth-order valence-electron chi connectivity index (χ4n) is 8.15. The van der Waals surface area contributed by atoms with E-state index in [-0.39, 0.29) is 41.4 Å². The standard InChI is InChI=1S/C38H35ClF2N6O2/c1-2-33(48)47-19-18-45(22-25(47)10-14-42)36-27(11-15-43)37(49-23-38-12-4-16-46(38)17-5-13-38)44-32-21-28(31(41)20-29(32)36)26-7-3-6-24-8-9-30(40)35(39)34(24)26/h2-3,6-9,20-21,25H,1,4-5,10-13,16-19,22-23H2/t25-/m0/s1. The Labute approximate surface area is 288 Å². The summed E-state index contributed by atoms with van der Waals surface area (Å²) in [4.78, 5) is 23.8. The molecule has 4 heterocycles. The molecule has 1 amide bonds. The number of hydrogen-bond donors (Lipinski definition) is 0. The summed E-state index contributed by atoms with van der Waals surface area (Å²) in [7, 11) is 0. The lowest BCUT2D eigenvalue weighted by Gasteiger charge is -2.42. The Kier molecular flexibility index (Phi) is 8.87. The first-order valence-electron chi connectivity index (χ1n) is 16.6. The molecular formula is C38H35ClF2N6O2. The molecule has 0 spiro atoms. The second kappa shape index (κ2) is 13.3. The second-order valence-corrected chi connectivity index (χ2v) is 13.5. The molecule has 3 aliphatic rings. The molecule has 49 heavy (non-hydrogen) atoms. The molecule has 7 rings (SSSR count). The molecule has 8 nitrogen and oxygen atoms in total. The zero-order valence-electron chi connectivity index (χ0n) is 27.0. The van der Waals surface area contributed by atoms with E-state index in [2.05, 4.69) is 23.6 Å². The Morgan fingerprint density at radius 3 is 2.59 bits per heavy atom. The van der Waals surface area contributed by atoms with Crippen molar-refractivity contribution in [2.24, 2.45) is 0 Å². The van der Waals surface area contributed by atoms with Crippen LogP contribution in [0.2, 0.25) is 5.02 Å². The molecule has 3 saturated heterocycles. The van der Waals surface area contributed by atoms with Gasteiger partial charge in [0, 0.05) is 36.0 Å². The van der Waals surface area contributed by atoms with E-state index in [4.69, 9.17) is 21.3 Å². The molecule has 0 unspecified atom stereocenters. The van der Waals surface area contributed by atoms with Crippen LogP contribution in [0.3, 0.4) is 0 Å². The van der Waals surface area contributed by atoms with Crippen molar-refractivity contribution < 1.29 is 18.3 Å². The van der Waals surface area contributed by atoms with E-state index < -0.39 is 17.7 Å². The molecule has 0 saturated carbocycles. The number of carbonyl (C=O) groups excluding carboxylic acids is 1. The van der Waals surface area contributed by atoms with Crippen LogP contribution in [-0.2, 0) is 11.2 Å². The highest BCUT2D eigenvalue weighted by Gasteiger charge is 2.45. The van der Waals surface area contributed by atoms with E-state index in [1.54, 1.807) is 35.2 Å². The zero-order chi connectivity index (χ0) is 34.3. The third-order valence-corrected chi connectivity index (χ3v) is 10.8. The Balaban J connectivity index is 1.41. The third kappa shape index (κ3) is 5.73. The average Bonchev–Trinajstić information content (AvgIpc) is 3.69. The summed E-state index contributed by atoms with van der Waals surface area (Å²) in [6.45, 7) is 7.04. The van der Waals surface area contributed by atoms with Crippen LogP contribution in [0.5, 0.6) is 5.88 Å². The molecule has 4 aromatic rings. The van der Waals surface area contributed by atoms with Gasteiger partial charge in [-0.3, -0.25) is 9.69 Å². The van der Waals surface area contributed by atoms with Crippen molar-refractivity contribution in [3.8, 4) is 29.1 Å². The molecule has 250 valence electrons. The van der Waals surface area contributed by atoms with Gasteiger partial charge < -0.3 is 14.5 Å². The molecule has 0 N–H and O–H groups in total. The van der Waals surface area contributed by atoms with Gasteiger partial charge in [0.2, 0.25) is 11.8 Å². The highest BCUT2D eigenvalue weighted by Crippen LogP contribution is 2.44. The van der Waals surface area contributed by atoms with Crippen LogP contribution in [0, 0.1) is 34.3 Å². The summed E-state index contributed by atoms with van der Waals surface area (Å²) in [6, 6.07) is 15.2. The Morgan fingerprint density at radius 2 is 1.86 bits per heavy atom. The fourth-order valence-corrected chi connectivity index (χ4v) is 8.43. The molecule has 3 fully saturated rings. The lowest BCUT2D eigenvalue weighted by molar-refractivity contribution is -0.128. The number of nitrogens with zero attached hydrogens (tertiary/aromatic N) is 6. The number of amides is 1. The number of carbonyl (C=O) groups is 1. The number of rotatable bonds is 8. The van der Waals surface area contributed by atoms with Crippen LogP contribution in [0.4, 0.5) is 14.5 Å². The number of pyridine rings is 1. The lowest BCUT2D eigenvalue weighted by atomic mass is 9.94. The van der Waals surface area contributed by atoms with Gasteiger partial charge in [-0.2, -0.15) is 10.5 Å². The van der Waals surface area contributed by atoms with Gasteiger partial charge in [0.05, 0.1) is 58.4 Å². The first-order valence-corrected chi connectivity index (χ1v) is 17.0. The van der Waals surface area contributed by atoms with Crippen LogP contribution in [0.25, 0.3) is 32.8 Å². The first kappa shape index (κ1) is 32.8. The number of anilines is 1. The Bertz CT molecular complexity index is 2060. The van der Waals surface area contributed by atoms with Gasteiger partial charge in [0.25, 0.3) is 0 Å². The summed E-state index contributed by atoms with van der Waals surface area (Å²) in [5.41, 5.74) is 2.09. The van der Waals surface area contributed by atoms with E-state index in [1.807, 2.05) is 4.90 Å². The highest BCUT2D eigenvalue weighted by atomic mass is 35.5. The van der Waals surface area contributed by atoms with Crippen molar-refractivity contribution in [1.82, 2.24) is 14.8 Å². The number of aromatic nitrogens is 1. The van der Waals surface area contributed by atoms with Crippen molar-refractivity contribution in [2.75, 3.05) is 44.2 Å². The van der Waals surface area contributed by atoms with Crippen LogP contribution in [0.1, 0.15) is 37.7 Å². The van der Waals surface area contributed by atoms with Gasteiger partial charge >= 0.3 is 0 Å². The average molecular weight is 681 g/mol. The highest BCUT2D eigenvalue weighted by molar-refractivity contribution is 6.37. The maximum atomic E-state index is 16.4. The fraction of sp³-hybridized carbons (Fsp3) is 0.368. The summed E-state index contributed by atoms with van der Waals surface area (Å²) in [6.07, 6.45) is 5.51. The lowest BCUT2D eigenvalue weighted by Crippen LogP contribution is -2.55. The smallest absolute Gasteiger partial charge is 0.246 e. The van der Waals surface area contributed by atoms with Crippen LogP contribution in [-0.4, -0.2) is 71.6 Å².